The van der Waals surface area contributed by atoms with Crippen LogP contribution in [0.1, 0.15) is 37.4 Å². The average Bonchev–Trinajstić information content (AvgIpc) is 2.89. The third kappa shape index (κ3) is 2.49. The molecule has 2 aliphatic rings. The first-order chi connectivity index (χ1) is 8.83. The van der Waals surface area contributed by atoms with E-state index in [0.29, 0.717) is 5.92 Å². The minimum absolute atomic E-state index is 0.254. The van der Waals surface area contributed by atoms with Crippen LogP contribution in [0.4, 0.5) is 5.95 Å². The molecule has 1 unspecified atom stereocenters. The molecule has 2 fully saturated rings. The van der Waals surface area contributed by atoms with Crippen molar-refractivity contribution in [1.29, 1.82) is 0 Å². The molecule has 3 N–H and O–H groups in total. The van der Waals surface area contributed by atoms with Crippen LogP contribution in [0, 0.1) is 0 Å². The summed E-state index contributed by atoms with van der Waals surface area (Å²) in [6, 6.07) is 0.254. The summed E-state index contributed by atoms with van der Waals surface area (Å²) in [7, 11) is 0. The minimum atomic E-state index is 0.254. The Kier molecular flexibility index (Phi) is 3.47. The van der Waals surface area contributed by atoms with Crippen molar-refractivity contribution in [2.24, 2.45) is 5.73 Å². The van der Waals surface area contributed by atoms with Crippen molar-refractivity contribution in [3.63, 3.8) is 0 Å². The van der Waals surface area contributed by atoms with E-state index in [1.165, 1.54) is 0 Å². The monoisotopic (exact) mass is 251 g/mol. The van der Waals surface area contributed by atoms with Crippen LogP contribution in [-0.2, 0) is 4.74 Å². The van der Waals surface area contributed by atoms with Gasteiger partial charge < -0.3 is 15.4 Å². The molecule has 6 heteroatoms. The topological polar surface area (TPSA) is 80.1 Å². The first-order valence-corrected chi connectivity index (χ1v) is 6.83. The van der Waals surface area contributed by atoms with E-state index >= 15 is 0 Å². The molecule has 0 bridgehead atoms. The summed E-state index contributed by atoms with van der Waals surface area (Å²) in [5.74, 6) is 2.29. The summed E-state index contributed by atoms with van der Waals surface area (Å²) in [4.78, 5) is 6.83. The Hall–Kier alpha value is -1.14. The molecular weight excluding hydrogens is 230 g/mol. The second kappa shape index (κ2) is 5.24. The van der Waals surface area contributed by atoms with Gasteiger partial charge in [0.1, 0.15) is 5.82 Å². The van der Waals surface area contributed by atoms with Crippen LogP contribution in [-0.4, -0.2) is 47.5 Å². The zero-order valence-electron chi connectivity index (χ0n) is 10.6. The molecule has 0 amide bonds. The molecule has 6 nitrogen and oxygen atoms in total. The Balaban J connectivity index is 1.68. The van der Waals surface area contributed by atoms with Crippen LogP contribution in [0.5, 0.6) is 0 Å². The second-order valence-corrected chi connectivity index (χ2v) is 5.26. The van der Waals surface area contributed by atoms with Gasteiger partial charge in [-0.2, -0.15) is 4.98 Å². The number of nitrogens with zero attached hydrogens (tertiary/aromatic N) is 3. The SMILES string of the molecule is NC1CCCN(c2n[nH]c(C3CCOCC3)n2)C1. The minimum Gasteiger partial charge on any atom is -0.381 e. The quantitative estimate of drug-likeness (QED) is 0.805. The molecule has 3 heterocycles. The lowest BCUT2D eigenvalue weighted by Gasteiger charge is -2.29. The van der Waals surface area contributed by atoms with Gasteiger partial charge in [-0.25, -0.2) is 0 Å². The number of piperidine rings is 1. The van der Waals surface area contributed by atoms with Gasteiger partial charge in [-0.3, -0.25) is 5.10 Å². The lowest BCUT2D eigenvalue weighted by Crippen LogP contribution is -2.43. The molecular formula is C12H21N5O. The van der Waals surface area contributed by atoms with Gasteiger partial charge in [0, 0.05) is 38.3 Å². The van der Waals surface area contributed by atoms with Gasteiger partial charge in [-0.05, 0) is 25.7 Å². The maximum atomic E-state index is 5.99. The van der Waals surface area contributed by atoms with E-state index in [-0.39, 0.29) is 6.04 Å². The fraction of sp³-hybridized carbons (Fsp3) is 0.833. The van der Waals surface area contributed by atoms with Crippen LogP contribution in [0.15, 0.2) is 0 Å². The fourth-order valence-corrected chi connectivity index (χ4v) is 2.75. The average molecular weight is 251 g/mol. The zero-order chi connectivity index (χ0) is 12.4. The first kappa shape index (κ1) is 11.9. The summed E-state index contributed by atoms with van der Waals surface area (Å²) in [5.41, 5.74) is 5.99. The number of aromatic nitrogens is 3. The molecule has 0 aliphatic carbocycles. The molecule has 100 valence electrons. The summed E-state index contributed by atoms with van der Waals surface area (Å²) in [6.45, 7) is 3.54. The summed E-state index contributed by atoms with van der Waals surface area (Å²) < 4.78 is 5.37. The number of rotatable bonds is 2. The molecule has 1 atom stereocenters. The number of aromatic amines is 1. The van der Waals surface area contributed by atoms with Gasteiger partial charge in [0.2, 0.25) is 5.95 Å². The van der Waals surface area contributed by atoms with Crippen molar-refractivity contribution in [2.75, 3.05) is 31.2 Å². The van der Waals surface area contributed by atoms with E-state index in [0.717, 1.165) is 63.8 Å². The van der Waals surface area contributed by atoms with Crippen molar-refractivity contribution in [3.8, 4) is 0 Å². The van der Waals surface area contributed by atoms with Gasteiger partial charge in [-0.15, -0.1) is 5.10 Å². The van der Waals surface area contributed by atoms with Crippen molar-refractivity contribution >= 4 is 5.95 Å². The van der Waals surface area contributed by atoms with Crippen LogP contribution in [0.2, 0.25) is 0 Å². The van der Waals surface area contributed by atoms with Crippen molar-refractivity contribution in [1.82, 2.24) is 15.2 Å². The number of H-pyrrole nitrogens is 1. The van der Waals surface area contributed by atoms with Crippen LogP contribution in [0.3, 0.4) is 0 Å². The predicted molar refractivity (Wildman–Crippen MR) is 68.6 cm³/mol. The highest BCUT2D eigenvalue weighted by molar-refractivity contribution is 5.30. The summed E-state index contributed by atoms with van der Waals surface area (Å²) in [6.07, 6.45) is 4.30. The molecule has 0 aromatic carbocycles. The van der Waals surface area contributed by atoms with Crippen LogP contribution in [0.25, 0.3) is 0 Å². The Morgan fingerprint density at radius 2 is 2.11 bits per heavy atom. The Morgan fingerprint density at radius 1 is 1.28 bits per heavy atom. The van der Waals surface area contributed by atoms with Gasteiger partial charge in [0.25, 0.3) is 0 Å². The zero-order valence-corrected chi connectivity index (χ0v) is 10.6. The number of nitrogens with two attached hydrogens (primary N) is 1. The summed E-state index contributed by atoms with van der Waals surface area (Å²) in [5, 5.41) is 7.43. The predicted octanol–water partition coefficient (Wildman–Crippen LogP) is 0.626. The van der Waals surface area contributed by atoms with Crippen LogP contribution >= 0.6 is 0 Å². The van der Waals surface area contributed by atoms with E-state index in [4.69, 9.17) is 10.5 Å². The highest BCUT2D eigenvalue weighted by Crippen LogP contribution is 2.25. The fourth-order valence-electron chi connectivity index (χ4n) is 2.75. The maximum Gasteiger partial charge on any atom is 0.244 e. The smallest absolute Gasteiger partial charge is 0.244 e. The number of hydrogen-bond donors (Lipinski definition) is 2. The molecule has 0 radical (unpaired) electrons. The molecule has 2 aliphatic heterocycles. The second-order valence-electron chi connectivity index (χ2n) is 5.26. The Morgan fingerprint density at radius 3 is 2.89 bits per heavy atom. The highest BCUT2D eigenvalue weighted by Gasteiger charge is 2.23. The standard InChI is InChI=1S/C12H21N5O/c13-10-2-1-5-17(8-10)12-14-11(15-16-12)9-3-6-18-7-4-9/h9-10H,1-8,13H2,(H,14,15,16). The van der Waals surface area contributed by atoms with E-state index in [1.54, 1.807) is 0 Å². The normalized spacial score (nSPS) is 26.5. The van der Waals surface area contributed by atoms with E-state index in [9.17, 15) is 0 Å². The first-order valence-electron chi connectivity index (χ1n) is 6.83. The number of nitrogens with one attached hydrogen (secondary N) is 1. The number of ether oxygens (including phenoxy) is 1. The van der Waals surface area contributed by atoms with Gasteiger partial charge in [0.15, 0.2) is 0 Å². The lowest BCUT2D eigenvalue weighted by atomic mass is 10.00. The van der Waals surface area contributed by atoms with E-state index in [1.807, 2.05) is 0 Å². The third-order valence-corrected chi connectivity index (χ3v) is 3.84. The molecule has 1 aromatic rings. The molecule has 0 saturated carbocycles. The van der Waals surface area contributed by atoms with Crippen molar-refractivity contribution < 1.29 is 4.74 Å². The largest absolute Gasteiger partial charge is 0.381 e. The lowest BCUT2D eigenvalue weighted by molar-refractivity contribution is 0.0836. The molecule has 0 spiro atoms. The number of hydrogen-bond acceptors (Lipinski definition) is 5. The van der Waals surface area contributed by atoms with Gasteiger partial charge in [0.05, 0.1) is 0 Å². The van der Waals surface area contributed by atoms with Crippen LogP contribution < -0.4 is 10.6 Å². The number of anilines is 1. The van der Waals surface area contributed by atoms with E-state index < -0.39 is 0 Å². The molecule has 18 heavy (non-hydrogen) atoms. The van der Waals surface area contributed by atoms with Gasteiger partial charge >= 0.3 is 0 Å². The maximum absolute atomic E-state index is 5.99. The third-order valence-electron chi connectivity index (χ3n) is 3.84. The highest BCUT2D eigenvalue weighted by atomic mass is 16.5. The summed E-state index contributed by atoms with van der Waals surface area (Å²) >= 11 is 0. The Bertz CT molecular complexity index is 388. The molecule has 1 aromatic heterocycles. The van der Waals surface area contributed by atoms with E-state index in [2.05, 4.69) is 20.1 Å². The Labute approximate surface area is 107 Å². The molecule has 3 rings (SSSR count). The molecule has 2 saturated heterocycles. The van der Waals surface area contributed by atoms with Crippen molar-refractivity contribution in [2.45, 2.75) is 37.6 Å². The van der Waals surface area contributed by atoms with Gasteiger partial charge in [-0.1, -0.05) is 0 Å². The van der Waals surface area contributed by atoms with Crippen molar-refractivity contribution in [3.05, 3.63) is 5.82 Å².